The van der Waals surface area contributed by atoms with E-state index in [1.54, 1.807) is 31.2 Å². The van der Waals surface area contributed by atoms with Gasteiger partial charge in [0.15, 0.2) is 0 Å². The Morgan fingerprint density at radius 3 is 2.70 bits per heavy atom. The van der Waals surface area contributed by atoms with Crippen molar-refractivity contribution < 1.29 is 8.42 Å². The molecule has 2 aromatic heterocycles. The zero-order valence-electron chi connectivity index (χ0n) is 11.0. The number of halogens is 1. The molecular formula is C11H14ClN5O2S. The molecule has 0 bridgehead atoms. The fourth-order valence-electron chi connectivity index (χ4n) is 1.58. The van der Waals surface area contributed by atoms with Crippen LogP contribution in [0.1, 0.15) is 5.56 Å². The highest BCUT2D eigenvalue weighted by Gasteiger charge is 2.16. The average molecular weight is 316 g/mol. The Morgan fingerprint density at radius 2 is 2.15 bits per heavy atom. The maximum atomic E-state index is 12.1. The van der Waals surface area contributed by atoms with Crippen molar-refractivity contribution in [3.8, 4) is 0 Å². The molecule has 2 rings (SSSR count). The van der Waals surface area contributed by atoms with Crippen molar-refractivity contribution in [2.75, 3.05) is 12.4 Å². The van der Waals surface area contributed by atoms with Crippen LogP contribution >= 0.6 is 11.6 Å². The van der Waals surface area contributed by atoms with E-state index < -0.39 is 10.0 Å². The summed E-state index contributed by atoms with van der Waals surface area (Å²) in [6.45, 7) is 0.154. The third-order valence-electron chi connectivity index (χ3n) is 2.59. The van der Waals surface area contributed by atoms with Crippen LogP contribution in [0.15, 0.2) is 29.6 Å². The number of sulfonamides is 1. The Kier molecular flexibility index (Phi) is 4.26. The molecule has 0 saturated carbocycles. The molecule has 9 heteroatoms. The quantitative estimate of drug-likeness (QED) is 0.859. The zero-order valence-corrected chi connectivity index (χ0v) is 12.5. The molecule has 0 unspecified atom stereocenters. The summed E-state index contributed by atoms with van der Waals surface area (Å²) >= 11 is 5.93. The maximum Gasteiger partial charge on any atom is 0.242 e. The van der Waals surface area contributed by atoms with E-state index >= 15 is 0 Å². The lowest BCUT2D eigenvalue weighted by Crippen LogP contribution is -2.23. The lowest BCUT2D eigenvalue weighted by atomic mass is 10.4. The Hall–Kier alpha value is -1.64. The number of pyridine rings is 1. The number of anilines is 1. The number of aryl methyl sites for hydroxylation is 1. The third-order valence-corrected chi connectivity index (χ3v) is 4.24. The minimum atomic E-state index is -3.66. The summed E-state index contributed by atoms with van der Waals surface area (Å²) in [5, 5.41) is 6.98. The highest BCUT2D eigenvalue weighted by Crippen LogP contribution is 2.21. The summed E-state index contributed by atoms with van der Waals surface area (Å²) in [6, 6.07) is 1.35. The molecule has 0 aromatic carbocycles. The molecule has 0 amide bonds. The number of rotatable bonds is 5. The summed E-state index contributed by atoms with van der Waals surface area (Å²) in [4.78, 5) is 3.96. The van der Waals surface area contributed by atoms with Gasteiger partial charge in [-0.3, -0.25) is 4.68 Å². The van der Waals surface area contributed by atoms with Crippen molar-refractivity contribution in [3.05, 3.63) is 35.2 Å². The molecule has 0 saturated heterocycles. The van der Waals surface area contributed by atoms with Gasteiger partial charge in [-0.1, -0.05) is 11.6 Å². The molecule has 7 nitrogen and oxygen atoms in total. The molecule has 2 heterocycles. The summed E-state index contributed by atoms with van der Waals surface area (Å²) in [5.41, 5.74) is 0.766. The van der Waals surface area contributed by atoms with Crippen LogP contribution in [0.5, 0.6) is 0 Å². The van der Waals surface area contributed by atoms with Gasteiger partial charge < -0.3 is 5.32 Å². The van der Waals surface area contributed by atoms with E-state index in [1.165, 1.54) is 12.3 Å². The van der Waals surface area contributed by atoms with E-state index in [0.717, 1.165) is 5.56 Å². The van der Waals surface area contributed by atoms with E-state index in [-0.39, 0.29) is 16.5 Å². The van der Waals surface area contributed by atoms with Crippen LogP contribution in [0.3, 0.4) is 0 Å². The molecular weight excluding hydrogens is 302 g/mol. The van der Waals surface area contributed by atoms with E-state index in [4.69, 9.17) is 11.6 Å². The van der Waals surface area contributed by atoms with Crippen molar-refractivity contribution in [3.63, 3.8) is 0 Å². The highest BCUT2D eigenvalue weighted by molar-refractivity contribution is 7.89. The van der Waals surface area contributed by atoms with E-state index in [0.29, 0.717) is 5.82 Å². The normalized spacial score (nSPS) is 11.6. The van der Waals surface area contributed by atoms with Crippen molar-refractivity contribution in [1.29, 1.82) is 0 Å². The van der Waals surface area contributed by atoms with Gasteiger partial charge in [-0.15, -0.1) is 0 Å². The molecule has 0 aliphatic carbocycles. The number of hydrogen-bond acceptors (Lipinski definition) is 5. The predicted octanol–water partition coefficient (Wildman–Crippen LogP) is 0.989. The molecule has 0 aliphatic rings. The number of hydrogen-bond donors (Lipinski definition) is 2. The van der Waals surface area contributed by atoms with Gasteiger partial charge in [-0.25, -0.2) is 18.1 Å². The van der Waals surface area contributed by atoms with Crippen LogP contribution in [0.25, 0.3) is 0 Å². The molecule has 0 atom stereocenters. The Bertz CT molecular complexity index is 713. The molecule has 2 aromatic rings. The van der Waals surface area contributed by atoms with E-state index in [1.807, 2.05) is 0 Å². The van der Waals surface area contributed by atoms with Gasteiger partial charge in [0.05, 0.1) is 11.2 Å². The first-order valence-electron chi connectivity index (χ1n) is 5.73. The van der Waals surface area contributed by atoms with Gasteiger partial charge in [-0.2, -0.15) is 5.10 Å². The van der Waals surface area contributed by atoms with E-state index in [9.17, 15) is 8.42 Å². The summed E-state index contributed by atoms with van der Waals surface area (Å²) < 4.78 is 28.3. The van der Waals surface area contributed by atoms with Crippen LogP contribution in [-0.4, -0.2) is 30.2 Å². The van der Waals surface area contributed by atoms with Crippen molar-refractivity contribution in [2.24, 2.45) is 7.05 Å². The molecule has 2 N–H and O–H groups in total. The monoisotopic (exact) mass is 315 g/mol. The minimum Gasteiger partial charge on any atom is -0.372 e. The zero-order chi connectivity index (χ0) is 14.8. The third kappa shape index (κ3) is 3.27. The van der Waals surface area contributed by atoms with Crippen LogP contribution in [0.4, 0.5) is 5.82 Å². The molecule has 0 aliphatic heterocycles. The molecule has 20 heavy (non-hydrogen) atoms. The average Bonchev–Trinajstić information content (AvgIpc) is 2.82. The summed E-state index contributed by atoms with van der Waals surface area (Å²) in [6.07, 6.45) is 4.58. The Labute approximate surface area is 122 Å². The Balaban J connectivity index is 2.15. The van der Waals surface area contributed by atoms with Crippen molar-refractivity contribution in [1.82, 2.24) is 19.5 Å². The SMILES string of the molecule is CNc1ncc(S(=O)(=O)NCc2cnn(C)c2)cc1Cl. The topological polar surface area (TPSA) is 88.9 Å². The smallest absolute Gasteiger partial charge is 0.242 e. The molecule has 0 spiro atoms. The fraction of sp³-hybridized carbons (Fsp3) is 0.273. The first kappa shape index (κ1) is 14.8. The van der Waals surface area contributed by atoms with Crippen molar-refractivity contribution >= 4 is 27.4 Å². The minimum absolute atomic E-state index is 0.0189. The molecule has 0 fully saturated rings. The number of nitrogens with zero attached hydrogens (tertiary/aromatic N) is 3. The first-order valence-corrected chi connectivity index (χ1v) is 7.59. The summed E-state index contributed by atoms with van der Waals surface area (Å²) in [5.74, 6) is 0.429. The van der Waals surface area contributed by atoms with Gasteiger partial charge in [0.2, 0.25) is 10.0 Å². The van der Waals surface area contributed by atoms with Crippen LogP contribution in [0, 0.1) is 0 Å². The van der Waals surface area contributed by atoms with Crippen LogP contribution in [0.2, 0.25) is 5.02 Å². The van der Waals surface area contributed by atoms with E-state index in [2.05, 4.69) is 20.1 Å². The van der Waals surface area contributed by atoms with Gasteiger partial charge in [0.25, 0.3) is 0 Å². The lowest BCUT2D eigenvalue weighted by molar-refractivity contribution is 0.581. The molecule has 0 radical (unpaired) electrons. The van der Waals surface area contributed by atoms with Crippen molar-refractivity contribution in [2.45, 2.75) is 11.4 Å². The maximum absolute atomic E-state index is 12.1. The van der Waals surface area contributed by atoms with Crippen LogP contribution in [-0.2, 0) is 23.6 Å². The number of aromatic nitrogens is 3. The van der Waals surface area contributed by atoms with Gasteiger partial charge in [0.1, 0.15) is 10.7 Å². The highest BCUT2D eigenvalue weighted by atomic mass is 35.5. The number of nitrogens with one attached hydrogen (secondary N) is 2. The van der Waals surface area contributed by atoms with Gasteiger partial charge in [-0.05, 0) is 6.07 Å². The second-order valence-corrected chi connectivity index (χ2v) is 6.27. The largest absolute Gasteiger partial charge is 0.372 e. The second-order valence-electron chi connectivity index (χ2n) is 4.10. The fourth-order valence-corrected chi connectivity index (χ4v) is 2.89. The predicted molar refractivity (Wildman–Crippen MR) is 76.0 cm³/mol. The molecule has 108 valence electrons. The van der Waals surface area contributed by atoms with Crippen LogP contribution < -0.4 is 10.0 Å². The summed E-state index contributed by atoms with van der Waals surface area (Å²) in [7, 11) is -0.241. The first-order chi connectivity index (χ1) is 9.42. The van der Waals surface area contributed by atoms with Gasteiger partial charge >= 0.3 is 0 Å². The van der Waals surface area contributed by atoms with Gasteiger partial charge in [0, 0.05) is 38.6 Å². The second kappa shape index (κ2) is 5.78. The Morgan fingerprint density at radius 1 is 1.40 bits per heavy atom. The standard InChI is InChI=1S/C11H14ClN5O2S/c1-13-11-10(12)3-9(6-14-11)20(18,19)16-5-8-4-15-17(2)7-8/h3-4,6-7,16H,5H2,1-2H3,(H,13,14). The lowest BCUT2D eigenvalue weighted by Gasteiger charge is -2.07.